The summed E-state index contributed by atoms with van der Waals surface area (Å²) in [7, 11) is 0. The van der Waals surface area contributed by atoms with Crippen molar-refractivity contribution in [1.29, 1.82) is 0 Å². The molecule has 0 bridgehead atoms. The van der Waals surface area contributed by atoms with Crippen molar-refractivity contribution in [3.63, 3.8) is 0 Å². The van der Waals surface area contributed by atoms with E-state index in [-0.39, 0.29) is 4.74 Å². The van der Waals surface area contributed by atoms with Gasteiger partial charge in [0.15, 0.2) is 0 Å². The first-order valence-corrected chi connectivity index (χ1v) is 5.34. The zero-order chi connectivity index (χ0) is 10.1. The van der Waals surface area contributed by atoms with Gasteiger partial charge < -0.3 is 0 Å². The Hall–Kier alpha value is -0.770. The number of rotatable bonds is 1. The van der Waals surface area contributed by atoms with Crippen molar-refractivity contribution < 1.29 is 0 Å². The van der Waals surface area contributed by atoms with E-state index in [2.05, 4.69) is 0 Å². The fraction of sp³-hybridized carbons (Fsp3) is 0. The standard InChI is InChI=1S/C9H5Cl2NOS/c10-7-2-1-6(5-8(7)11)12-4-3-9(13)14-12/h1-5H. The predicted octanol–water partition coefficient (Wildman–Crippen LogP) is 3.21. The maximum absolute atomic E-state index is 11.0. The third kappa shape index (κ3) is 1.85. The second-order valence-corrected chi connectivity index (χ2v) is 4.44. The summed E-state index contributed by atoms with van der Waals surface area (Å²) < 4.78 is 1.75. The third-order valence-electron chi connectivity index (χ3n) is 1.69. The van der Waals surface area contributed by atoms with Crippen LogP contribution in [0.15, 0.2) is 35.3 Å². The Morgan fingerprint density at radius 1 is 1.14 bits per heavy atom. The van der Waals surface area contributed by atoms with Gasteiger partial charge in [-0.3, -0.25) is 8.75 Å². The number of nitrogens with zero attached hydrogens (tertiary/aromatic N) is 1. The highest BCUT2D eigenvalue weighted by atomic mass is 35.5. The lowest BCUT2D eigenvalue weighted by molar-refractivity contribution is 1.20. The summed E-state index contributed by atoms with van der Waals surface area (Å²) in [6, 6.07) is 6.74. The lowest BCUT2D eigenvalue weighted by Crippen LogP contribution is -1.88. The van der Waals surface area contributed by atoms with Gasteiger partial charge in [0.05, 0.1) is 15.7 Å². The van der Waals surface area contributed by atoms with Crippen LogP contribution in [-0.2, 0) is 0 Å². The number of halogens is 2. The van der Waals surface area contributed by atoms with Crippen LogP contribution in [0.5, 0.6) is 0 Å². The molecule has 0 spiro atoms. The Balaban J connectivity index is 2.52. The highest BCUT2D eigenvalue weighted by Gasteiger charge is 2.01. The number of aromatic nitrogens is 1. The molecular formula is C9H5Cl2NOS. The molecule has 14 heavy (non-hydrogen) atoms. The normalized spacial score (nSPS) is 10.4. The van der Waals surface area contributed by atoms with Gasteiger partial charge in [-0.2, -0.15) is 0 Å². The fourth-order valence-corrected chi connectivity index (χ4v) is 2.00. The molecule has 0 aliphatic rings. The monoisotopic (exact) mass is 245 g/mol. The largest absolute Gasteiger partial charge is 0.276 e. The quantitative estimate of drug-likeness (QED) is 0.757. The van der Waals surface area contributed by atoms with Crippen LogP contribution in [-0.4, -0.2) is 3.96 Å². The molecule has 0 unspecified atom stereocenters. The van der Waals surface area contributed by atoms with Gasteiger partial charge in [0, 0.05) is 12.3 Å². The van der Waals surface area contributed by atoms with E-state index < -0.39 is 0 Å². The molecule has 0 fully saturated rings. The summed E-state index contributed by atoms with van der Waals surface area (Å²) in [6.07, 6.45) is 1.70. The van der Waals surface area contributed by atoms with Crippen molar-refractivity contribution in [2.75, 3.05) is 0 Å². The maximum Gasteiger partial charge on any atom is 0.249 e. The lowest BCUT2D eigenvalue weighted by Gasteiger charge is -2.02. The van der Waals surface area contributed by atoms with Crippen LogP contribution in [0.2, 0.25) is 10.0 Å². The third-order valence-corrected chi connectivity index (χ3v) is 3.28. The summed E-state index contributed by atoms with van der Waals surface area (Å²) in [5, 5.41) is 0.993. The molecule has 1 aromatic heterocycles. The SMILES string of the molecule is O=c1ccn(-c2ccc(Cl)c(Cl)c2)s1. The minimum Gasteiger partial charge on any atom is -0.276 e. The molecule has 0 N–H and O–H groups in total. The van der Waals surface area contributed by atoms with Crippen molar-refractivity contribution in [1.82, 2.24) is 3.96 Å². The van der Waals surface area contributed by atoms with Crippen molar-refractivity contribution >= 4 is 34.7 Å². The smallest absolute Gasteiger partial charge is 0.249 e. The average Bonchev–Trinajstić information content (AvgIpc) is 2.57. The number of hydrogen-bond acceptors (Lipinski definition) is 2. The highest BCUT2D eigenvalue weighted by Crippen LogP contribution is 2.24. The van der Waals surface area contributed by atoms with E-state index in [1.165, 1.54) is 6.07 Å². The Morgan fingerprint density at radius 2 is 1.93 bits per heavy atom. The molecule has 1 aromatic carbocycles. The molecule has 0 atom stereocenters. The second kappa shape index (κ2) is 3.77. The first-order chi connectivity index (χ1) is 6.66. The molecule has 2 aromatic rings. The molecule has 0 saturated carbocycles. The van der Waals surface area contributed by atoms with Crippen molar-refractivity contribution in [3.05, 3.63) is 50.0 Å². The van der Waals surface area contributed by atoms with Crippen LogP contribution in [0.25, 0.3) is 5.69 Å². The van der Waals surface area contributed by atoms with Gasteiger partial charge in [0.2, 0.25) is 4.74 Å². The molecular weight excluding hydrogens is 241 g/mol. The Labute approximate surface area is 94.5 Å². The zero-order valence-corrected chi connectivity index (χ0v) is 9.23. The highest BCUT2D eigenvalue weighted by molar-refractivity contribution is 7.04. The summed E-state index contributed by atoms with van der Waals surface area (Å²) in [6.45, 7) is 0. The van der Waals surface area contributed by atoms with Gasteiger partial charge in [-0.1, -0.05) is 23.2 Å². The molecule has 0 radical (unpaired) electrons. The Morgan fingerprint density at radius 3 is 2.50 bits per heavy atom. The van der Waals surface area contributed by atoms with Gasteiger partial charge in [0.1, 0.15) is 0 Å². The summed E-state index contributed by atoms with van der Waals surface area (Å²) in [4.78, 5) is 11.0. The molecule has 1 heterocycles. The molecule has 5 heteroatoms. The van der Waals surface area contributed by atoms with E-state index in [1.807, 2.05) is 6.07 Å². The molecule has 0 aliphatic heterocycles. The van der Waals surface area contributed by atoms with Crippen LogP contribution in [0.4, 0.5) is 0 Å². The van der Waals surface area contributed by atoms with E-state index >= 15 is 0 Å². The van der Waals surface area contributed by atoms with E-state index in [9.17, 15) is 4.79 Å². The van der Waals surface area contributed by atoms with Crippen LogP contribution in [0.3, 0.4) is 0 Å². The molecule has 72 valence electrons. The van der Waals surface area contributed by atoms with Gasteiger partial charge in [-0.05, 0) is 29.7 Å². The van der Waals surface area contributed by atoms with Crippen molar-refractivity contribution in [3.8, 4) is 5.69 Å². The van der Waals surface area contributed by atoms with Crippen LogP contribution in [0, 0.1) is 0 Å². The Kier molecular flexibility index (Phi) is 2.63. The molecule has 0 saturated heterocycles. The van der Waals surface area contributed by atoms with Crippen LogP contribution in [0.1, 0.15) is 0 Å². The lowest BCUT2D eigenvalue weighted by atomic mass is 10.3. The van der Waals surface area contributed by atoms with Crippen molar-refractivity contribution in [2.45, 2.75) is 0 Å². The van der Waals surface area contributed by atoms with E-state index in [1.54, 1.807) is 22.3 Å². The molecule has 0 amide bonds. The molecule has 2 rings (SSSR count). The van der Waals surface area contributed by atoms with Crippen LogP contribution >= 0.6 is 34.7 Å². The van der Waals surface area contributed by atoms with Crippen molar-refractivity contribution in [2.24, 2.45) is 0 Å². The first kappa shape index (κ1) is 9.77. The van der Waals surface area contributed by atoms with Crippen LogP contribution < -0.4 is 4.74 Å². The summed E-state index contributed by atoms with van der Waals surface area (Å²) in [5.74, 6) is 0. The molecule has 2 nitrogen and oxygen atoms in total. The topological polar surface area (TPSA) is 22.0 Å². The Bertz CT molecular complexity index is 518. The number of benzene rings is 1. The molecule has 0 aliphatic carbocycles. The van der Waals surface area contributed by atoms with E-state index in [4.69, 9.17) is 23.2 Å². The fourth-order valence-electron chi connectivity index (χ4n) is 1.05. The summed E-state index contributed by atoms with van der Waals surface area (Å²) >= 11 is 12.7. The van der Waals surface area contributed by atoms with Gasteiger partial charge >= 0.3 is 0 Å². The van der Waals surface area contributed by atoms with E-state index in [0.717, 1.165) is 17.2 Å². The second-order valence-electron chi connectivity index (χ2n) is 2.65. The number of hydrogen-bond donors (Lipinski definition) is 0. The zero-order valence-electron chi connectivity index (χ0n) is 6.91. The first-order valence-electron chi connectivity index (χ1n) is 3.81. The maximum atomic E-state index is 11.0. The van der Waals surface area contributed by atoms with E-state index in [0.29, 0.717) is 10.0 Å². The van der Waals surface area contributed by atoms with Gasteiger partial charge in [-0.25, -0.2) is 0 Å². The van der Waals surface area contributed by atoms with Gasteiger partial charge in [0.25, 0.3) is 0 Å². The average molecular weight is 246 g/mol. The minimum absolute atomic E-state index is 0.0103. The van der Waals surface area contributed by atoms with Gasteiger partial charge in [-0.15, -0.1) is 0 Å². The summed E-state index contributed by atoms with van der Waals surface area (Å²) in [5.41, 5.74) is 0.839. The predicted molar refractivity (Wildman–Crippen MR) is 59.9 cm³/mol. The minimum atomic E-state index is 0.0103.